The molecule has 0 saturated carbocycles. The number of rotatable bonds is 7. The van der Waals surface area contributed by atoms with Crippen molar-refractivity contribution in [3.8, 4) is 0 Å². The van der Waals surface area contributed by atoms with Crippen LogP contribution >= 0.6 is 0 Å². The molecule has 2 heterocycles. The summed E-state index contributed by atoms with van der Waals surface area (Å²) in [5, 5.41) is 3.56. The molecular formula is C22H29N3O. The van der Waals surface area contributed by atoms with E-state index in [0.717, 1.165) is 58.9 Å². The van der Waals surface area contributed by atoms with Crippen LogP contribution in [0.1, 0.15) is 12.0 Å². The second-order valence-corrected chi connectivity index (χ2v) is 7.51. The minimum atomic E-state index is 0.237. The van der Waals surface area contributed by atoms with Gasteiger partial charge in [-0.1, -0.05) is 48.5 Å². The van der Waals surface area contributed by atoms with Crippen molar-refractivity contribution >= 4 is 5.69 Å². The van der Waals surface area contributed by atoms with Gasteiger partial charge in [-0.2, -0.15) is 0 Å². The molecule has 4 heteroatoms. The molecule has 0 aliphatic carbocycles. The fourth-order valence-electron chi connectivity index (χ4n) is 4.04. The van der Waals surface area contributed by atoms with Crippen LogP contribution in [-0.2, 0) is 11.3 Å². The van der Waals surface area contributed by atoms with Gasteiger partial charge in [-0.15, -0.1) is 0 Å². The molecule has 0 radical (unpaired) electrons. The monoisotopic (exact) mass is 351 g/mol. The summed E-state index contributed by atoms with van der Waals surface area (Å²) >= 11 is 0. The van der Waals surface area contributed by atoms with Gasteiger partial charge in [-0.25, -0.2) is 0 Å². The van der Waals surface area contributed by atoms with Crippen molar-refractivity contribution in [2.75, 3.05) is 51.3 Å². The third-order valence-electron chi connectivity index (χ3n) is 5.73. The Hall–Kier alpha value is -1.88. The molecule has 2 aliphatic heterocycles. The summed E-state index contributed by atoms with van der Waals surface area (Å²) in [7, 11) is 0. The third kappa shape index (κ3) is 4.09. The van der Waals surface area contributed by atoms with Gasteiger partial charge in [0.2, 0.25) is 0 Å². The maximum Gasteiger partial charge on any atom is 0.0696 e. The summed E-state index contributed by atoms with van der Waals surface area (Å²) in [5.74, 6) is 0. The van der Waals surface area contributed by atoms with Gasteiger partial charge in [0.15, 0.2) is 0 Å². The fourth-order valence-corrected chi connectivity index (χ4v) is 4.04. The summed E-state index contributed by atoms with van der Waals surface area (Å²) in [6.07, 6.45) is 1.14. The molecule has 2 aliphatic rings. The maximum absolute atomic E-state index is 5.63. The van der Waals surface area contributed by atoms with Gasteiger partial charge < -0.3 is 10.1 Å². The van der Waals surface area contributed by atoms with Gasteiger partial charge in [0.25, 0.3) is 0 Å². The van der Waals surface area contributed by atoms with Crippen LogP contribution < -0.4 is 5.32 Å². The Kier molecular flexibility index (Phi) is 5.54. The lowest BCUT2D eigenvalue weighted by molar-refractivity contribution is -0.152. The van der Waals surface area contributed by atoms with Crippen LogP contribution in [0.15, 0.2) is 60.7 Å². The first kappa shape index (κ1) is 17.5. The van der Waals surface area contributed by atoms with Crippen molar-refractivity contribution in [2.45, 2.75) is 18.5 Å². The second kappa shape index (κ2) is 8.21. The number of anilines is 1. The number of para-hydroxylation sites is 1. The van der Waals surface area contributed by atoms with E-state index in [-0.39, 0.29) is 5.54 Å². The van der Waals surface area contributed by atoms with Crippen molar-refractivity contribution in [1.82, 2.24) is 9.80 Å². The van der Waals surface area contributed by atoms with E-state index in [1.165, 1.54) is 11.3 Å². The minimum absolute atomic E-state index is 0.237. The van der Waals surface area contributed by atoms with Gasteiger partial charge in [0.05, 0.1) is 18.8 Å². The van der Waals surface area contributed by atoms with Crippen molar-refractivity contribution in [2.24, 2.45) is 0 Å². The average Bonchev–Trinajstić information content (AvgIpc) is 2.66. The van der Waals surface area contributed by atoms with Crippen LogP contribution in [0.4, 0.5) is 5.69 Å². The van der Waals surface area contributed by atoms with E-state index in [1.807, 2.05) is 0 Å². The Bertz CT molecular complexity index is 664. The van der Waals surface area contributed by atoms with Crippen LogP contribution in [0, 0.1) is 0 Å². The molecule has 2 aromatic carbocycles. The number of nitrogens with zero attached hydrogens (tertiary/aromatic N) is 2. The highest BCUT2D eigenvalue weighted by Gasteiger charge is 2.44. The number of piperazine rings is 1. The summed E-state index contributed by atoms with van der Waals surface area (Å²) in [6, 6.07) is 21.3. The van der Waals surface area contributed by atoms with E-state index in [2.05, 4.69) is 75.8 Å². The zero-order chi connectivity index (χ0) is 17.7. The first-order valence-corrected chi connectivity index (χ1v) is 9.72. The highest BCUT2D eigenvalue weighted by Crippen LogP contribution is 2.30. The Morgan fingerprint density at radius 2 is 1.50 bits per heavy atom. The first-order chi connectivity index (χ1) is 12.8. The fraction of sp³-hybridized carbons (Fsp3) is 0.455. The summed E-state index contributed by atoms with van der Waals surface area (Å²) in [5.41, 5.74) is 2.85. The zero-order valence-corrected chi connectivity index (χ0v) is 15.4. The third-order valence-corrected chi connectivity index (χ3v) is 5.73. The van der Waals surface area contributed by atoms with Gasteiger partial charge in [-0.3, -0.25) is 9.80 Å². The summed E-state index contributed by atoms with van der Waals surface area (Å²) in [6.45, 7) is 8.38. The quantitative estimate of drug-likeness (QED) is 0.830. The molecule has 4 rings (SSSR count). The number of benzene rings is 2. The number of nitrogens with one attached hydrogen (secondary N) is 1. The zero-order valence-electron chi connectivity index (χ0n) is 15.4. The molecule has 2 fully saturated rings. The van der Waals surface area contributed by atoms with E-state index in [4.69, 9.17) is 4.74 Å². The molecular weight excluding hydrogens is 322 g/mol. The van der Waals surface area contributed by atoms with E-state index >= 15 is 0 Å². The predicted octanol–water partition coefficient (Wildman–Crippen LogP) is 3.08. The molecule has 138 valence electrons. The standard InChI is InChI=1S/C22H29N3O/c1-3-7-20(8-4-1)17-24-13-15-25(16-14-24)22(18-26-19-22)11-12-23-21-9-5-2-6-10-21/h1-10,23H,11-19H2. The SMILES string of the molecule is c1ccc(CN2CCN(C3(CCNc4ccccc4)COC3)CC2)cc1. The van der Waals surface area contributed by atoms with E-state index in [1.54, 1.807) is 0 Å². The van der Waals surface area contributed by atoms with Gasteiger partial charge in [-0.05, 0) is 24.1 Å². The lowest BCUT2D eigenvalue weighted by Crippen LogP contribution is -2.66. The van der Waals surface area contributed by atoms with Crippen LogP contribution in [0.3, 0.4) is 0 Å². The van der Waals surface area contributed by atoms with Gasteiger partial charge in [0.1, 0.15) is 0 Å². The van der Waals surface area contributed by atoms with E-state index < -0.39 is 0 Å². The van der Waals surface area contributed by atoms with Crippen molar-refractivity contribution in [3.63, 3.8) is 0 Å². The first-order valence-electron chi connectivity index (χ1n) is 9.72. The van der Waals surface area contributed by atoms with Crippen LogP contribution in [0.2, 0.25) is 0 Å². The van der Waals surface area contributed by atoms with Gasteiger partial charge in [0, 0.05) is 45.0 Å². The molecule has 0 aromatic heterocycles. The lowest BCUT2D eigenvalue weighted by Gasteiger charge is -2.52. The highest BCUT2D eigenvalue weighted by atomic mass is 16.5. The van der Waals surface area contributed by atoms with Crippen molar-refractivity contribution in [1.29, 1.82) is 0 Å². The molecule has 0 spiro atoms. The Morgan fingerprint density at radius 3 is 2.12 bits per heavy atom. The Labute approximate surface area is 156 Å². The molecule has 0 amide bonds. The predicted molar refractivity (Wildman–Crippen MR) is 106 cm³/mol. The summed E-state index contributed by atoms with van der Waals surface area (Å²) in [4.78, 5) is 5.24. The smallest absolute Gasteiger partial charge is 0.0696 e. The van der Waals surface area contributed by atoms with E-state index in [9.17, 15) is 0 Å². The molecule has 4 nitrogen and oxygen atoms in total. The number of ether oxygens (including phenoxy) is 1. The molecule has 2 aromatic rings. The minimum Gasteiger partial charge on any atom is -0.385 e. The molecule has 0 unspecified atom stereocenters. The summed E-state index contributed by atoms with van der Waals surface area (Å²) < 4.78 is 5.63. The molecule has 0 bridgehead atoms. The van der Waals surface area contributed by atoms with Crippen molar-refractivity contribution in [3.05, 3.63) is 66.2 Å². The van der Waals surface area contributed by atoms with Crippen LogP contribution in [-0.4, -0.2) is 61.3 Å². The average molecular weight is 351 g/mol. The Morgan fingerprint density at radius 1 is 0.846 bits per heavy atom. The van der Waals surface area contributed by atoms with E-state index in [0.29, 0.717) is 0 Å². The highest BCUT2D eigenvalue weighted by molar-refractivity contribution is 5.42. The number of hydrogen-bond acceptors (Lipinski definition) is 4. The number of hydrogen-bond donors (Lipinski definition) is 1. The van der Waals surface area contributed by atoms with Crippen molar-refractivity contribution < 1.29 is 4.74 Å². The normalized spacial score (nSPS) is 20.5. The largest absolute Gasteiger partial charge is 0.385 e. The Balaban J connectivity index is 1.26. The second-order valence-electron chi connectivity index (χ2n) is 7.51. The molecule has 1 N–H and O–H groups in total. The topological polar surface area (TPSA) is 27.7 Å². The van der Waals surface area contributed by atoms with Crippen LogP contribution in [0.5, 0.6) is 0 Å². The molecule has 0 atom stereocenters. The van der Waals surface area contributed by atoms with Gasteiger partial charge >= 0.3 is 0 Å². The van der Waals surface area contributed by atoms with Crippen LogP contribution in [0.25, 0.3) is 0 Å². The molecule has 2 saturated heterocycles. The molecule has 26 heavy (non-hydrogen) atoms. The maximum atomic E-state index is 5.63. The lowest BCUT2D eigenvalue weighted by atomic mass is 9.89.